The number of piperidine rings is 1. The molecule has 8 heteroatoms. The van der Waals surface area contributed by atoms with Gasteiger partial charge in [-0.25, -0.2) is 4.98 Å². The van der Waals surface area contributed by atoms with Crippen LogP contribution in [-0.4, -0.2) is 47.2 Å². The van der Waals surface area contributed by atoms with Crippen molar-refractivity contribution in [1.82, 2.24) is 9.88 Å². The number of aromatic nitrogens is 1. The van der Waals surface area contributed by atoms with E-state index in [4.69, 9.17) is 4.98 Å². The highest BCUT2D eigenvalue weighted by molar-refractivity contribution is 7.16. The van der Waals surface area contributed by atoms with Gasteiger partial charge in [-0.1, -0.05) is 55.0 Å². The third-order valence-corrected chi connectivity index (χ3v) is 8.41. The minimum Gasteiger partial charge on any atom is -0.342 e. The van der Waals surface area contributed by atoms with E-state index in [9.17, 15) is 14.4 Å². The van der Waals surface area contributed by atoms with Crippen molar-refractivity contribution in [1.29, 1.82) is 0 Å². The quantitative estimate of drug-likeness (QED) is 0.505. The van der Waals surface area contributed by atoms with Crippen LogP contribution in [0.4, 0.5) is 10.8 Å². The lowest BCUT2D eigenvalue weighted by atomic mass is 9.94. The number of aryl methyl sites for hydroxylation is 2. The second-order valence-corrected chi connectivity index (χ2v) is 10.9. The molecule has 0 aliphatic carbocycles. The standard InChI is InChI=1S/C29H32N4O3S/c1-3-24-26(20-7-5-4-6-8-20)30-29(37-24)31-27(35)21-13-15-32(16-14-21)28(36)22-17-25(34)33(18-22)23-11-9-19(2)10-12-23/h4-12,21-22H,3,13-18H2,1-2H3,(H,30,31,35). The number of anilines is 2. The van der Waals surface area contributed by atoms with Gasteiger partial charge in [-0.15, -0.1) is 11.3 Å². The highest BCUT2D eigenvalue weighted by Gasteiger charge is 2.38. The number of nitrogens with zero attached hydrogens (tertiary/aromatic N) is 3. The molecule has 2 aromatic carbocycles. The molecule has 192 valence electrons. The summed E-state index contributed by atoms with van der Waals surface area (Å²) >= 11 is 1.52. The molecular formula is C29H32N4O3S. The maximum Gasteiger partial charge on any atom is 0.229 e. The number of rotatable bonds is 6. The molecule has 1 aromatic heterocycles. The minimum absolute atomic E-state index is 0.0127. The molecule has 1 N–H and O–H groups in total. The summed E-state index contributed by atoms with van der Waals surface area (Å²) in [4.78, 5) is 48.2. The van der Waals surface area contributed by atoms with Crippen molar-refractivity contribution in [2.24, 2.45) is 11.8 Å². The monoisotopic (exact) mass is 516 g/mol. The molecule has 0 saturated carbocycles. The zero-order valence-electron chi connectivity index (χ0n) is 21.3. The molecule has 0 spiro atoms. The summed E-state index contributed by atoms with van der Waals surface area (Å²) in [7, 11) is 0. The summed E-state index contributed by atoms with van der Waals surface area (Å²) in [6, 6.07) is 17.8. The molecule has 1 atom stereocenters. The van der Waals surface area contributed by atoms with E-state index in [0.29, 0.717) is 37.6 Å². The van der Waals surface area contributed by atoms with Gasteiger partial charge in [-0.2, -0.15) is 0 Å². The summed E-state index contributed by atoms with van der Waals surface area (Å²) in [6.45, 7) is 5.57. The Morgan fingerprint density at radius 2 is 1.73 bits per heavy atom. The molecular weight excluding hydrogens is 484 g/mol. The first-order chi connectivity index (χ1) is 17.9. The van der Waals surface area contributed by atoms with E-state index in [2.05, 4.69) is 12.2 Å². The van der Waals surface area contributed by atoms with E-state index in [1.807, 2.05) is 66.4 Å². The third kappa shape index (κ3) is 5.44. The predicted molar refractivity (Wildman–Crippen MR) is 147 cm³/mol. The molecule has 2 saturated heterocycles. The Balaban J connectivity index is 1.16. The van der Waals surface area contributed by atoms with Gasteiger partial charge in [-0.05, 0) is 38.3 Å². The maximum atomic E-state index is 13.2. The lowest BCUT2D eigenvalue weighted by Crippen LogP contribution is -2.44. The fourth-order valence-electron chi connectivity index (χ4n) is 5.14. The fraction of sp³-hybridized carbons (Fsp3) is 0.379. The van der Waals surface area contributed by atoms with Crippen molar-refractivity contribution in [3.63, 3.8) is 0 Å². The number of hydrogen-bond acceptors (Lipinski definition) is 5. The Hall–Kier alpha value is -3.52. The molecule has 5 rings (SSSR count). The number of carbonyl (C=O) groups excluding carboxylic acids is 3. The molecule has 3 aromatic rings. The van der Waals surface area contributed by atoms with Crippen LogP contribution in [0.25, 0.3) is 11.3 Å². The maximum absolute atomic E-state index is 13.2. The van der Waals surface area contributed by atoms with Crippen LogP contribution in [0.2, 0.25) is 0 Å². The second kappa shape index (κ2) is 10.8. The van der Waals surface area contributed by atoms with E-state index in [0.717, 1.165) is 33.8 Å². The van der Waals surface area contributed by atoms with Crippen LogP contribution in [0.15, 0.2) is 54.6 Å². The van der Waals surface area contributed by atoms with Gasteiger partial charge < -0.3 is 15.1 Å². The first-order valence-electron chi connectivity index (χ1n) is 12.9. The van der Waals surface area contributed by atoms with Crippen LogP contribution >= 0.6 is 11.3 Å². The lowest BCUT2D eigenvalue weighted by Gasteiger charge is -2.32. The zero-order valence-corrected chi connectivity index (χ0v) is 22.1. The van der Waals surface area contributed by atoms with Crippen molar-refractivity contribution in [2.45, 2.75) is 39.5 Å². The Labute approximate surface area is 221 Å². The van der Waals surface area contributed by atoms with E-state index < -0.39 is 0 Å². The Kier molecular flexibility index (Phi) is 7.37. The molecule has 0 radical (unpaired) electrons. The largest absolute Gasteiger partial charge is 0.342 e. The lowest BCUT2D eigenvalue weighted by molar-refractivity contribution is -0.138. The number of likely N-dealkylation sites (tertiary alicyclic amines) is 1. The zero-order chi connectivity index (χ0) is 25.9. The van der Waals surface area contributed by atoms with Crippen LogP contribution in [0, 0.1) is 18.8 Å². The average molecular weight is 517 g/mol. The molecule has 2 aliphatic heterocycles. The minimum atomic E-state index is -0.335. The Morgan fingerprint density at radius 3 is 2.41 bits per heavy atom. The molecule has 2 aliphatic rings. The van der Waals surface area contributed by atoms with Gasteiger partial charge in [0, 0.05) is 48.1 Å². The van der Waals surface area contributed by atoms with E-state index in [1.165, 1.54) is 11.3 Å². The van der Waals surface area contributed by atoms with Crippen molar-refractivity contribution < 1.29 is 14.4 Å². The van der Waals surface area contributed by atoms with Crippen LogP contribution in [0.5, 0.6) is 0 Å². The number of carbonyl (C=O) groups is 3. The molecule has 0 bridgehead atoms. The van der Waals surface area contributed by atoms with Gasteiger partial charge in [0.25, 0.3) is 0 Å². The molecule has 7 nitrogen and oxygen atoms in total. The van der Waals surface area contributed by atoms with Crippen LogP contribution in [-0.2, 0) is 20.8 Å². The summed E-state index contributed by atoms with van der Waals surface area (Å²) in [5.74, 6) is -0.529. The van der Waals surface area contributed by atoms with E-state index in [1.54, 1.807) is 4.90 Å². The van der Waals surface area contributed by atoms with Crippen molar-refractivity contribution in [2.75, 3.05) is 29.9 Å². The number of thiazole rings is 1. The van der Waals surface area contributed by atoms with Gasteiger partial charge in [0.1, 0.15) is 0 Å². The van der Waals surface area contributed by atoms with Crippen LogP contribution < -0.4 is 10.2 Å². The number of benzene rings is 2. The molecule has 3 heterocycles. The van der Waals surface area contributed by atoms with Gasteiger partial charge >= 0.3 is 0 Å². The van der Waals surface area contributed by atoms with Gasteiger partial charge in [0.05, 0.1) is 11.6 Å². The summed E-state index contributed by atoms with van der Waals surface area (Å²) in [5.41, 5.74) is 3.95. The SMILES string of the molecule is CCc1sc(NC(=O)C2CCN(C(=O)C3CC(=O)N(c4ccc(C)cc4)C3)CC2)nc1-c1ccccc1. The Morgan fingerprint density at radius 1 is 1.03 bits per heavy atom. The fourth-order valence-corrected chi connectivity index (χ4v) is 6.07. The van der Waals surface area contributed by atoms with Crippen molar-refractivity contribution >= 4 is 39.9 Å². The average Bonchev–Trinajstić information content (AvgIpc) is 3.52. The second-order valence-electron chi connectivity index (χ2n) is 9.84. The van der Waals surface area contributed by atoms with E-state index in [-0.39, 0.29) is 36.0 Å². The summed E-state index contributed by atoms with van der Waals surface area (Å²) < 4.78 is 0. The molecule has 2 fully saturated rings. The van der Waals surface area contributed by atoms with Gasteiger partial charge in [0.2, 0.25) is 17.7 Å². The number of nitrogens with one attached hydrogen (secondary N) is 1. The normalized spacial score (nSPS) is 18.3. The van der Waals surface area contributed by atoms with Crippen molar-refractivity contribution in [3.05, 3.63) is 65.0 Å². The first kappa shape index (κ1) is 25.1. The predicted octanol–water partition coefficient (Wildman–Crippen LogP) is 4.91. The third-order valence-electron chi connectivity index (χ3n) is 7.29. The number of hydrogen-bond donors (Lipinski definition) is 1. The van der Waals surface area contributed by atoms with Gasteiger partial charge in [0.15, 0.2) is 5.13 Å². The molecule has 1 unspecified atom stereocenters. The van der Waals surface area contributed by atoms with Gasteiger partial charge in [-0.3, -0.25) is 14.4 Å². The van der Waals surface area contributed by atoms with Crippen molar-refractivity contribution in [3.8, 4) is 11.3 Å². The Bertz CT molecular complexity index is 1280. The highest BCUT2D eigenvalue weighted by atomic mass is 32.1. The summed E-state index contributed by atoms with van der Waals surface area (Å²) in [5, 5.41) is 3.65. The first-order valence-corrected chi connectivity index (χ1v) is 13.8. The topological polar surface area (TPSA) is 82.6 Å². The smallest absolute Gasteiger partial charge is 0.229 e. The van der Waals surface area contributed by atoms with Crippen LogP contribution in [0.1, 0.15) is 36.6 Å². The molecule has 3 amide bonds. The van der Waals surface area contributed by atoms with E-state index >= 15 is 0 Å². The number of amides is 3. The summed E-state index contributed by atoms with van der Waals surface area (Å²) in [6.07, 6.45) is 2.30. The molecule has 37 heavy (non-hydrogen) atoms. The van der Waals surface area contributed by atoms with Crippen LogP contribution in [0.3, 0.4) is 0 Å². The highest BCUT2D eigenvalue weighted by Crippen LogP contribution is 2.33.